The fraction of sp³-hybridized carbons (Fsp3) is 0.553. The average Bonchev–Trinajstić information content (AvgIpc) is 3.30. The second-order valence-electron chi connectivity index (χ2n) is 11.8. The van der Waals surface area contributed by atoms with E-state index < -0.39 is 26.2 Å². The summed E-state index contributed by atoms with van der Waals surface area (Å²) in [5.74, 6) is -0.139. The zero-order chi connectivity index (χ0) is 63.7. The first kappa shape index (κ1) is 116. The Morgan fingerprint density at radius 3 is 0.514 bits per heavy atom. The van der Waals surface area contributed by atoms with Crippen LogP contribution in [0, 0.1) is 0 Å². The molecule has 0 rings (SSSR count). The van der Waals surface area contributed by atoms with Gasteiger partial charge in [0.05, 0.1) is 54.3 Å². The molecule has 3 amide bonds. The van der Waals surface area contributed by atoms with Crippen molar-refractivity contribution in [1.82, 2.24) is 28.2 Å². The summed E-state index contributed by atoms with van der Waals surface area (Å²) in [4.78, 5) is 75.1. The molecule has 0 aromatic carbocycles. The summed E-state index contributed by atoms with van der Waals surface area (Å²) in [6.07, 6.45) is 2.09. The Hall–Kier alpha value is -6.15. The normalized spacial score (nSPS) is 7.40. The topological polar surface area (TPSA) is 274 Å². The molecular formula is C47H106N6O17S2. The van der Waals surface area contributed by atoms with Gasteiger partial charge in [0.25, 0.3) is 0 Å². The number of hydrogen-bond acceptors (Lipinski definition) is 18. The Morgan fingerprint density at radius 2 is 0.514 bits per heavy atom. The molecule has 72 heavy (non-hydrogen) atoms. The zero-order valence-electron chi connectivity index (χ0n) is 49.7. The lowest BCUT2D eigenvalue weighted by atomic mass is 10.6. The number of ether oxygens (including phenoxy) is 5. The van der Waals surface area contributed by atoms with Crippen LogP contribution >= 0.6 is 0 Å². The van der Waals surface area contributed by atoms with Gasteiger partial charge in [-0.1, -0.05) is 6.58 Å². The summed E-state index contributed by atoms with van der Waals surface area (Å²) in [7, 11) is 22.9. The number of carbonyl (C=O) groups excluding carboxylic acids is 7. The Kier molecular flexibility index (Phi) is 165. The van der Waals surface area contributed by atoms with Gasteiger partial charge in [-0.25, -0.2) is 35.0 Å². The van der Waals surface area contributed by atoms with Crippen molar-refractivity contribution < 1.29 is 79.2 Å². The van der Waals surface area contributed by atoms with E-state index in [1.165, 1.54) is 120 Å². The molecule has 23 nitrogen and oxygen atoms in total. The van der Waals surface area contributed by atoms with Gasteiger partial charge in [0.15, 0.2) is 0 Å². The molecule has 0 unspecified atom stereocenters. The van der Waals surface area contributed by atoms with Crippen molar-refractivity contribution >= 4 is 61.8 Å². The van der Waals surface area contributed by atoms with Gasteiger partial charge in [0, 0.05) is 98.2 Å². The van der Waals surface area contributed by atoms with E-state index in [9.17, 15) is 50.4 Å². The maximum atomic E-state index is 10.3. The summed E-state index contributed by atoms with van der Waals surface area (Å²) >= 11 is 0. The fourth-order valence-corrected chi connectivity index (χ4v) is 0.266. The molecular weight excluding hydrogens is 985 g/mol. The number of hydrogen-bond donors (Lipinski definition) is 1. The second-order valence-corrected chi connectivity index (χ2v) is 16.2. The van der Waals surface area contributed by atoms with Gasteiger partial charge in [0.2, 0.25) is 31.9 Å². The number of nitrogens with zero attached hydrogens (tertiary/aromatic N) is 6. The van der Waals surface area contributed by atoms with Gasteiger partial charge >= 0.3 is 24.2 Å². The Labute approximate surface area is 440 Å². The highest BCUT2D eigenvalue weighted by Gasteiger charge is 2.01. The molecule has 0 saturated carbocycles. The molecule has 0 radical (unpaired) electrons. The summed E-state index contributed by atoms with van der Waals surface area (Å²) in [5.41, 5.74) is 0. The summed E-state index contributed by atoms with van der Waals surface area (Å²) < 4.78 is 63.9. The van der Waals surface area contributed by atoms with Crippen LogP contribution in [0.5, 0.6) is 0 Å². The highest BCUT2D eigenvalue weighted by atomic mass is 32.2. The zero-order valence-corrected chi connectivity index (χ0v) is 51.4. The number of methoxy groups -OCH3 is 5. The number of aliphatic hydroxyl groups is 1. The van der Waals surface area contributed by atoms with Crippen LogP contribution < -0.4 is 0 Å². The van der Waals surface area contributed by atoms with Gasteiger partial charge in [-0.05, 0) is 35.0 Å². The van der Waals surface area contributed by atoms with Crippen molar-refractivity contribution in [3.63, 3.8) is 0 Å². The molecule has 0 aliphatic carbocycles. The molecule has 0 aliphatic rings. The number of aliphatic hydroxyl groups excluding tert-OH is 1. The molecule has 0 aliphatic heterocycles. The minimum Gasteiger partial charge on any atom is -0.516 e. The first-order chi connectivity index (χ1) is 32.6. The lowest BCUT2D eigenvalue weighted by Gasteiger charge is -2.05. The Bertz CT molecular complexity index is 1300. The first-order valence-electron chi connectivity index (χ1n) is 19.5. The number of carbonyl (C=O) groups is 7. The van der Waals surface area contributed by atoms with Crippen LogP contribution in [-0.2, 0) is 67.7 Å². The van der Waals surface area contributed by atoms with Crippen LogP contribution in [0.1, 0.15) is 41.5 Å². The van der Waals surface area contributed by atoms with E-state index in [0.717, 1.165) is 27.4 Å². The Balaban J connectivity index is -0.0000000303. The summed E-state index contributed by atoms with van der Waals surface area (Å²) in [5, 5.41) is 7.33. The molecule has 438 valence electrons. The Morgan fingerprint density at radius 1 is 0.403 bits per heavy atom. The van der Waals surface area contributed by atoms with E-state index in [4.69, 9.17) is 5.11 Å². The van der Waals surface area contributed by atoms with Crippen LogP contribution in [0.3, 0.4) is 0 Å². The molecule has 0 fully saturated rings. The van der Waals surface area contributed by atoms with Gasteiger partial charge in [0.1, 0.15) is 5.78 Å². The van der Waals surface area contributed by atoms with Crippen LogP contribution in [-0.4, -0.2) is 232 Å². The lowest BCUT2D eigenvalue weighted by Crippen LogP contribution is -2.20. The number of rotatable bonds is 2. The monoisotopic (exact) mass is 1090 g/mol. The van der Waals surface area contributed by atoms with E-state index >= 15 is 0 Å². The lowest BCUT2D eigenvalue weighted by molar-refractivity contribution is -0.138. The van der Waals surface area contributed by atoms with Crippen molar-refractivity contribution in [2.45, 2.75) is 41.5 Å². The SMILES string of the molecule is C=C.C=C.C=C.C=C.C=C.C=C.C=CO.CC(=O)N(C)C.CC(=O)N(C)C.CC(C)=O.CN(C)C.CN(C)S(C)(=O)=O.CN(C)S(C)(=O)=O.COC(=O)N(C)C.COC(=O)OC.COC(C)=O.COC(C)=O. The predicted molar refractivity (Wildman–Crippen MR) is 303 cm³/mol. The third-order valence-electron chi connectivity index (χ3n) is 4.03. The van der Waals surface area contributed by atoms with Gasteiger partial charge in [-0.15, -0.1) is 78.9 Å². The molecule has 0 heterocycles. The molecule has 0 aromatic rings. The molecule has 25 heteroatoms. The van der Waals surface area contributed by atoms with Crippen LogP contribution in [0.25, 0.3) is 0 Å². The highest BCUT2D eigenvalue weighted by molar-refractivity contribution is 7.88. The molecule has 0 aromatic heterocycles. The van der Waals surface area contributed by atoms with E-state index in [2.05, 4.69) is 109 Å². The average molecular weight is 1090 g/mol. The van der Waals surface area contributed by atoms with Crippen molar-refractivity contribution in [2.75, 3.05) is 140 Å². The van der Waals surface area contributed by atoms with Crippen LogP contribution in [0.2, 0.25) is 0 Å². The molecule has 0 spiro atoms. The highest BCUT2D eigenvalue weighted by Crippen LogP contribution is 1.84. The summed E-state index contributed by atoms with van der Waals surface area (Å²) in [6, 6.07) is 0. The summed E-state index contributed by atoms with van der Waals surface area (Å²) in [6.45, 7) is 47.8. The first-order valence-corrected chi connectivity index (χ1v) is 23.2. The predicted octanol–water partition coefficient (Wildman–Crippen LogP) is 6.55. The van der Waals surface area contributed by atoms with Crippen molar-refractivity contribution in [2.24, 2.45) is 0 Å². The molecule has 0 saturated heterocycles. The molecule has 0 bridgehead atoms. The van der Waals surface area contributed by atoms with Crippen molar-refractivity contribution in [3.05, 3.63) is 91.8 Å². The molecule has 0 atom stereocenters. The largest absolute Gasteiger partial charge is 0.516 e. The number of ketones is 1. The van der Waals surface area contributed by atoms with E-state index in [1.807, 2.05) is 26.0 Å². The molecule has 1 N–H and O–H groups in total. The maximum Gasteiger partial charge on any atom is 0.507 e. The van der Waals surface area contributed by atoms with E-state index in [1.54, 1.807) is 42.3 Å². The number of esters is 2. The number of amides is 3. The maximum absolute atomic E-state index is 10.3. The van der Waals surface area contributed by atoms with Crippen molar-refractivity contribution in [3.8, 4) is 0 Å². The van der Waals surface area contributed by atoms with Gasteiger partial charge < -0.3 is 53.2 Å². The second kappa shape index (κ2) is 102. The smallest absolute Gasteiger partial charge is 0.507 e. The van der Waals surface area contributed by atoms with Crippen LogP contribution in [0.15, 0.2) is 91.8 Å². The number of Topliss-reactive ketones (excluding diaryl/α,β-unsaturated/α-hetero) is 1. The van der Waals surface area contributed by atoms with Crippen LogP contribution in [0.4, 0.5) is 9.59 Å². The van der Waals surface area contributed by atoms with E-state index in [-0.39, 0.29) is 35.6 Å². The van der Waals surface area contributed by atoms with Gasteiger partial charge in [-0.3, -0.25) is 19.2 Å². The minimum atomic E-state index is -2.91. The third-order valence-corrected chi connectivity index (χ3v) is 6.69. The quantitative estimate of drug-likeness (QED) is 0.133. The third kappa shape index (κ3) is 325. The van der Waals surface area contributed by atoms with Gasteiger partial charge in [-0.2, -0.15) is 0 Å². The van der Waals surface area contributed by atoms with E-state index in [0.29, 0.717) is 0 Å². The fourth-order valence-electron chi connectivity index (χ4n) is 0.266. The standard InChI is InChI=1S/C4H9NO2.2C4H9NO.2C3H9NO2S.C3H9N.C3H6O3.2C3H6O2.C3H6O.C2H4O.6C2H4/c1-5(2)4(6)7-3;2*1-4(6)5(2)3;2*1-4(2)7(3,5)6;1-4(2)3;1-5-3(4)6-2;2*1-3(4)5-2;1-3(2)4;1-2-3;6*1-2/h1-3H3;2*1-3H3;2*1-3H3;1-3H3;1-2H3;2*1-2H3;1-2H3;2-3H,1H2;6*1-2H2. The minimum absolute atomic E-state index is 0.0926. The number of sulfonamides is 2. The van der Waals surface area contributed by atoms with Crippen molar-refractivity contribution in [1.29, 1.82) is 0 Å².